The van der Waals surface area contributed by atoms with Crippen LogP contribution in [0, 0.1) is 17.5 Å². The Bertz CT molecular complexity index is 2120. The van der Waals surface area contributed by atoms with Gasteiger partial charge in [-0.1, -0.05) is 11.3 Å². The van der Waals surface area contributed by atoms with Gasteiger partial charge >= 0.3 is 18.2 Å². The standard InChI is InChI=1S/C36H42F4N8O5S/c1-34(2,3)52-32(49)45-31-43-27-23(21(38)14-22(39)28(27)54-31)26-24(40)25-20(16-41-26)29(46-10-12-47(13-11-46)33(50)53-35(4,5)6)44-30(42-25)51-18-36-8-7-9-48(36)17-19(37)15-36/h14,16,19H,7-13,15,17-18H2,1-6H3,(H,43,45,49)/t19-,36+/m1/s1. The van der Waals surface area contributed by atoms with E-state index in [0.717, 1.165) is 30.7 Å². The first-order valence-electron chi connectivity index (χ1n) is 17.8. The third-order valence-electron chi connectivity index (χ3n) is 9.52. The van der Waals surface area contributed by atoms with Gasteiger partial charge in [-0.05, 0) is 60.9 Å². The topological polar surface area (TPSA) is 135 Å². The highest BCUT2D eigenvalue weighted by Gasteiger charge is 2.49. The molecule has 13 nitrogen and oxygen atoms in total. The Morgan fingerprint density at radius 1 is 0.963 bits per heavy atom. The molecule has 1 aromatic carbocycles. The summed E-state index contributed by atoms with van der Waals surface area (Å²) in [7, 11) is 0. The normalized spacial score (nSPS) is 20.8. The van der Waals surface area contributed by atoms with Gasteiger partial charge < -0.3 is 24.0 Å². The molecule has 0 saturated carbocycles. The second-order valence-electron chi connectivity index (χ2n) is 15.9. The number of fused-ring (bicyclic) bond motifs is 3. The van der Waals surface area contributed by atoms with E-state index in [1.54, 1.807) is 46.4 Å². The van der Waals surface area contributed by atoms with E-state index in [-0.39, 0.29) is 57.8 Å². The number of pyridine rings is 1. The van der Waals surface area contributed by atoms with Gasteiger partial charge in [-0.25, -0.2) is 32.1 Å². The van der Waals surface area contributed by atoms with Crippen LogP contribution in [0.4, 0.5) is 38.1 Å². The number of ether oxygens (including phenoxy) is 3. The molecule has 0 spiro atoms. The minimum atomic E-state index is -1.13. The fraction of sp³-hybridized carbons (Fsp3) is 0.556. The lowest BCUT2D eigenvalue weighted by Gasteiger charge is -2.36. The molecule has 2 atom stereocenters. The number of nitrogens with one attached hydrogen (secondary N) is 1. The van der Waals surface area contributed by atoms with Crippen LogP contribution in [-0.2, 0) is 9.47 Å². The Balaban J connectivity index is 1.27. The molecule has 2 amide bonds. The highest BCUT2D eigenvalue weighted by molar-refractivity contribution is 7.22. The van der Waals surface area contributed by atoms with Crippen LogP contribution in [0.25, 0.3) is 32.4 Å². The van der Waals surface area contributed by atoms with E-state index in [1.807, 2.05) is 4.90 Å². The molecule has 0 aliphatic carbocycles. The fourth-order valence-electron chi connectivity index (χ4n) is 7.26. The third-order valence-corrected chi connectivity index (χ3v) is 10.5. The van der Waals surface area contributed by atoms with Gasteiger partial charge in [-0.3, -0.25) is 15.2 Å². The summed E-state index contributed by atoms with van der Waals surface area (Å²) in [4.78, 5) is 48.4. The van der Waals surface area contributed by atoms with Crippen molar-refractivity contribution in [2.24, 2.45) is 0 Å². The zero-order chi connectivity index (χ0) is 38.7. The van der Waals surface area contributed by atoms with E-state index < -0.39 is 63.8 Å². The number of benzene rings is 1. The maximum Gasteiger partial charge on any atom is 0.413 e. The number of aromatic nitrogens is 4. The average molecular weight is 775 g/mol. The smallest absolute Gasteiger partial charge is 0.413 e. The Kier molecular flexibility index (Phi) is 9.73. The van der Waals surface area contributed by atoms with Gasteiger partial charge in [0.05, 0.1) is 26.7 Å². The molecule has 3 fully saturated rings. The number of alkyl halides is 1. The molecule has 0 radical (unpaired) electrons. The lowest BCUT2D eigenvalue weighted by Crippen LogP contribution is -2.50. The largest absolute Gasteiger partial charge is 0.461 e. The Morgan fingerprint density at radius 3 is 2.39 bits per heavy atom. The summed E-state index contributed by atoms with van der Waals surface area (Å²) in [5.74, 6) is -2.86. The van der Waals surface area contributed by atoms with Gasteiger partial charge in [0.15, 0.2) is 10.9 Å². The van der Waals surface area contributed by atoms with Gasteiger partial charge in [0.2, 0.25) is 0 Å². The number of rotatable bonds is 6. The number of piperazine rings is 1. The Hall–Kier alpha value is -4.58. The maximum absolute atomic E-state index is 16.9. The molecule has 3 aromatic heterocycles. The van der Waals surface area contributed by atoms with E-state index in [2.05, 4.69) is 30.2 Å². The van der Waals surface area contributed by atoms with E-state index >= 15 is 13.2 Å². The van der Waals surface area contributed by atoms with Crippen molar-refractivity contribution in [2.45, 2.75) is 83.7 Å². The van der Waals surface area contributed by atoms with Crippen LogP contribution in [0.5, 0.6) is 6.01 Å². The Morgan fingerprint density at radius 2 is 1.69 bits per heavy atom. The third kappa shape index (κ3) is 7.54. The minimum absolute atomic E-state index is 0.0732. The number of anilines is 2. The predicted octanol–water partition coefficient (Wildman–Crippen LogP) is 7.08. The van der Waals surface area contributed by atoms with Crippen LogP contribution in [0.3, 0.4) is 0 Å². The molecule has 18 heteroatoms. The molecule has 54 heavy (non-hydrogen) atoms. The van der Waals surface area contributed by atoms with E-state index in [9.17, 15) is 14.0 Å². The van der Waals surface area contributed by atoms with Crippen molar-refractivity contribution in [1.29, 1.82) is 0 Å². The fourth-order valence-corrected chi connectivity index (χ4v) is 8.13. The van der Waals surface area contributed by atoms with E-state index in [0.29, 0.717) is 32.1 Å². The van der Waals surface area contributed by atoms with Gasteiger partial charge in [0, 0.05) is 51.4 Å². The molecular formula is C36H42F4N8O5S. The second-order valence-corrected chi connectivity index (χ2v) is 16.9. The summed E-state index contributed by atoms with van der Waals surface area (Å²) in [6.45, 7) is 12.6. The average Bonchev–Trinajstić information content (AvgIpc) is 3.75. The van der Waals surface area contributed by atoms with Crippen LogP contribution in [-0.4, -0.2) is 111 Å². The van der Waals surface area contributed by atoms with Crippen molar-refractivity contribution in [3.05, 3.63) is 29.7 Å². The minimum Gasteiger partial charge on any atom is -0.461 e. The number of halogens is 4. The number of carbonyl (C=O) groups is 2. The molecule has 0 unspecified atom stereocenters. The zero-order valence-corrected chi connectivity index (χ0v) is 31.7. The van der Waals surface area contributed by atoms with Crippen LogP contribution < -0.4 is 15.0 Å². The van der Waals surface area contributed by atoms with Crippen LogP contribution in [0.15, 0.2) is 12.3 Å². The summed E-state index contributed by atoms with van der Waals surface area (Å²) >= 11 is 0.725. The number of hydrogen-bond acceptors (Lipinski definition) is 12. The quantitative estimate of drug-likeness (QED) is 0.202. The van der Waals surface area contributed by atoms with Crippen LogP contribution in [0.1, 0.15) is 60.8 Å². The van der Waals surface area contributed by atoms with Crippen molar-refractivity contribution >= 4 is 55.6 Å². The number of amides is 2. The summed E-state index contributed by atoms with van der Waals surface area (Å²) < 4.78 is 79.1. The molecule has 7 rings (SSSR count). The molecule has 6 heterocycles. The molecular weight excluding hydrogens is 733 g/mol. The second kappa shape index (κ2) is 13.9. The van der Waals surface area contributed by atoms with Crippen molar-refractivity contribution < 1.29 is 41.4 Å². The summed E-state index contributed by atoms with van der Waals surface area (Å²) in [6, 6.07) is 0.434. The van der Waals surface area contributed by atoms with Crippen molar-refractivity contribution in [1.82, 2.24) is 29.7 Å². The monoisotopic (exact) mass is 774 g/mol. The molecule has 4 aromatic rings. The highest BCUT2D eigenvalue weighted by Crippen LogP contribution is 2.42. The van der Waals surface area contributed by atoms with Gasteiger partial charge in [0.1, 0.15) is 52.6 Å². The maximum atomic E-state index is 16.9. The molecule has 3 saturated heterocycles. The lowest BCUT2D eigenvalue weighted by atomic mass is 9.95. The van der Waals surface area contributed by atoms with Gasteiger partial charge in [-0.15, -0.1) is 0 Å². The molecule has 1 N–H and O–H groups in total. The zero-order valence-electron chi connectivity index (χ0n) is 30.9. The molecule has 0 bridgehead atoms. The van der Waals surface area contributed by atoms with Gasteiger partial charge in [-0.2, -0.15) is 9.97 Å². The first-order valence-corrected chi connectivity index (χ1v) is 18.6. The van der Waals surface area contributed by atoms with E-state index in [4.69, 9.17) is 14.2 Å². The SMILES string of the molecule is CC(C)(C)OC(=O)Nc1nc2c(-c3ncc4c(N5CCN(C(=O)OC(C)(C)C)CC5)nc(OC[C@@]56CCCN5C[C@H](F)C6)nc4c3F)c(F)cc(F)c2s1. The number of nitrogens with zero attached hydrogens (tertiary/aromatic N) is 7. The molecule has 3 aliphatic rings. The van der Waals surface area contributed by atoms with Crippen molar-refractivity contribution in [2.75, 3.05) is 56.1 Å². The predicted molar refractivity (Wildman–Crippen MR) is 194 cm³/mol. The highest BCUT2D eigenvalue weighted by atomic mass is 32.1. The number of hydrogen-bond donors (Lipinski definition) is 1. The van der Waals surface area contributed by atoms with Gasteiger partial charge in [0.25, 0.3) is 0 Å². The van der Waals surface area contributed by atoms with E-state index in [1.165, 1.54) is 6.20 Å². The first-order chi connectivity index (χ1) is 25.4. The summed E-state index contributed by atoms with van der Waals surface area (Å²) in [6.07, 6.45) is 0.885. The van der Waals surface area contributed by atoms with Crippen LogP contribution in [0.2, 0.25) is 0 Å². The van der Waals surface area contributed by atoms with Crippen molar-refractivity contribution in [3.63, 3.8) is 0 Å². The number of carbonyl (C=O) groups excluding carboxylic acids is 2. The first kappa shape index (κ1) is 37.7. The molecule has 3 aliphatic heterocycles. The molecule has 290 valence electrons. The summed E-state index contributed by atoms with van der Waals surface area (Å²) in [5.41, 5.74) is -3.50. The summed E-state index contributed by atoms with van der Waals surface area (Å²) in [5, 5.41) is 2.51. The Labute approximate surface area is 313 Å². The lowest BCUT2D eigenvalue weighted by molar-refractivity contribution is 0.0240. The van der Waals surface area contributed by atoms with Crippen molar-refractivity contribution in [3.8, 4) is 17.3 Å². The van der Waals surface area contributed by atoms with Crippen LogP contribution >= 0.6 is 11.3 Å². The number of thiazole rings is 1.